The zero-order chi connectivity index (χ0) is 8.43. The van der Waals surface area contributed by atoms with Crippen LogP contribution in [-0.2, 0) is 0 Å². The van der Waals surface area contributed by atoms with Crippen LogP contribution in [0.15, 0.2) is 12.4 Å². The number of hydrogen-bond acceptors (Lipinski definition) is 1. The monoisotopic (exact) mass is 261 g/mol. The molecule has 0 saturated heterocycles. The molecule has 0 aliphatic carbocycles. The number of rotatable bonds is 1. The van der Waals surface area contributed by atoms with Crippen LogP contribution in [0.1, 0.15) is 30.9 Å². The first kappa shape index (κ1) is 8.97. The minimum atomic E-state index is 0.602. The Morgan fingerprint density at radius 2 is 2.00 bits per heavy atom. The van der Waals surface area contributed by atoms with Gasteiger partial charge in [0.25, 0.3) is 0 Å². The molecule has 1 aromatic heterocycles. The molecule has 1 heterocycles. The van der Waals surface area contributed by atoms with Crippen molar-refractivity contribution in [3.63, 3.8) is 0 Å². The van der Waals surface area contributed by atoms with Gasteiger partial charge in [-0.05, 0) is 46.6 Å². The van der Waals surface area contributed by atoms with Gasteiger partial charge in [0, 0.05) is 16.0 Å². The zero-order valence-corrected chi connectivity index (χ0v) is 9.21. The van der Waals surface area contributed by atoms with E-state index >= 15 is 0 Å². The Hall–Kier alpha value is -0.120. The predicted molar refractivity (Wildman–Crippen MR) is 55.8 cm³/mol. The van der Waals surface area contributed by atoms with Crippen LogP contribution in [0.4, 0.5) is 0 Å². The van der Waals surface area contributed by atoms with Crippen molar-refractivity contribution in [2.75, 3.05) is 0 Å². The van der Waals surface area contributed by atoms with Gasteiger partial charge < -0.3 is 0 Å². The smallest absolute Gasteiger partial charge is 0.0404 e. The summed E-state index contributed by atoms with van der Waals surface area (Å²) in [5.74, 6) is 0.602. The molecule has 0 atom stereocenters. The molecule has 0 N–H and O–H groups in total. The summed E-state index contributed by atoms with van der Waals surface area (Å²) in [7, 11) is 0. The SMILES string of the molecule is Cc1cncc(I)c1C(C)C. The molecule has 0 fully saturated rings. The number of aromatic nitrogens is 1. The summed E-state index contributed by atoms with van der Waals surface area (Å²) in [6.07, 6.45) is 3.85. The van der Waals surface area contributed by atoms with Crippen LogP contribution in [0, 0.1) is 10.5 Å². The molecule has 0 radical (unpaired) electrons. The zero-order valence-electron chi connectivity index (χ0n) is 7.06. The van der Waals surface area contributed by atoms with Gasteiger partial charge in [0.1, 0.15) is 0 Å². The van der Waals surface area contributed by atoms with Crippen LogP contribution in [0.2, 0.25) is 0 Å². The van der Waals surface area contributed by atoms with Crippen molar-refractivity contribution in [3.8, 4) is 0 Å². The first-order valence-corrected chi connectivity index (χ1v) is 4.80. The topological polar surface area (TPSA) is 12.9 Å². The fourth-order valence-corrected chi connectivity index (χ4v) is 2.48. The first-order valence-electron chi connectivity index (χ1n) is 3.73. The number of nitrogens with zero attached hydrogens (tertiary/aromatic N) is 1. The minimum absolute atomic E-state index is 0.602. The van der Waals surface area contributed by atoms with Crippen LogP contribution >= 0.6 is 22.6 Å². The lowest BCUT2D eigenvalue weighted by molar-refractivity contribution is 0.844. The third-order valence-electron chi connectivity index (χ3n) is 1.72. The van der Waals surface area contributed by atoms with E-state index in [4.69, 9.17) is 0 Å². The van der Waals surface area contributed by atoms with Gasteiger partial charge in [-0.25, -0.2) is 0 Å². The number of pyridine rings is 1. The summed E-state index contributed by atoms with van der Waals surface area (Å²) in [4.78, 5) is 4.12. The second kappa shape index (κ2) is 3.52. The normalized spacial score (nSPS) is 10.6. The molecule has 1 nitrogen and oxygen atoms in total. The largest absolute Gasteiger partial charge is 0.263 e. The molecule has 60 valence electrons. The van der Waals surface area contributed by atoms with Gasteiger partial charge in [-0.1, -0.05) is 13.8 Å². The van der Waals surface area contributed by atoms with E-state index in [0.717, 1.165) is 0 Å². The molecule has 0 aliphatic heterocycles. The van der Waals surface area contributed by atoms with E-state index in [9.17, 15) is 0 Å². The lowest BCUT2D eigenvalue weighted by Gasteiger charge is -2.10. The van der Waals surface area contributed by atoms with Gasteiger partial charge in [0.05, 0.1) is 0 Å². The molecule has 1 rings (SSSR count). The Bertz CT molecular complexity index is 235. The first-order chi connectivity index (χ1) is 5.13. The quantitative estimate of drug-likeness (QED) is 0.708. The van der Waals surface area contributed by atoms with Gasteiger partial charge in [0.15, 0.2) is 0 Å². The van der Waals surface area contributed by atoms with Crippen molar-refractivity contribution in [3.05, 3.63) is 27.1 Å². The predicted octanol–water partition coefficient (Wildman–Crippen LogP) is 3.12. The Kier molecular flexibility index (Phi) is 2.87. The van der Waals surface area contributed by atoms with Gasteiger partial charge >= 0.3 is 0 Å². The summed E-state index contributed by atoms with van der Waals surface area (Å²) in [6.45, 7) is 6.54. The van der Waals surface area contributed by atoms with Crippen LogP contribution in [0.25, 0.3) is 0 Å². The van der Waals surface area contributed by atoms with Crippen molar-refractivity contribution < 1.29 is 0 Å². The summed E-state index contributed by atoms with van der Waals surface area (Å²) >= 11 is 2.34. The maximum atomic E-state index is 4.12. The van der Waals surface area contributed by atoms with E-state index in [1.807, 2.05) is 12.4 Å². The molecule has 1 aromatic rings. The third-order valence-corrected chi connectivity index (χ3v) is 2.58. The molecular formula is C9H12IN. The lowest BCUT2D eigenvalue weighted by atomic mass is 10.0. The van der Waals surface area contributed by atoms with E-state index in [-0.39, 0.29) is 0 Å². The van der Waals surface area contributed by atoms with E-state index in [1.165, 1.54) is 14.7 Å². The van der Waals surface area contributed by atoms with Crippen molar-refractivity contribution >= 4 is 22.6 Å². The fraction of sp³-hybridized carbons (Fsp3) is 0.444. The van der Waals surface area contributed by atoms with Crippen LogP contribution in [-0.4, -0.2) is 4.98 Å². The molecule has 0 spiro atoms. The summed E-state index contributed by atoms with van der Waals surface area (Å²) in [5.41, 5.74) is 2.73. The van der Waals surface area contributed by atoms with Crippen LogP contribution < -0.4 is 0 Å². The average Bonchev–Trinajstić information content (AvgIpc) is 1.85. The van der Waals surface area contributed by atoms with E-state index in [0.29, 0.717) is 5.92 Å². The highest BCUT2D eigenvalue weighted by Gasteiger charge is 2.06. The number of hydrogen-bond donors (Lipinski definition) is 0. The fourth-order valence-electron chi connectivity index (χ4n) is 1.27. The molecule has 0 bridgehead atoms. The number of aryl methyl sites for hydroxylation is 1. The molecule has 11 heavy (non-hydrogen) atoms. The Morgan fingerprint density at radius 1 is 1.36 bits per heavy atom. The molecule has 0 aromatic carbocycles. The van der Waals surface area contributed by atoms with E-state index in [1.54, 1.807) is 0 Å². The highest BCUT2D eigenvalue weighted by Crippen LogP contribution is 2.23. The Labute approximate surface area is 81.4 Å². The van der Waals surface area contributed by atoms with Crippen LogP contribution in [0.3, 0.4) is 0 Å². The Balaban J connectivity index is 3.21. The van der Waals surface area contributed by atoms with Crippen molar-refractivity contribution in [1.82, 2.24) is 4.98 Å². The summed E-state index contributed by atoms with van der Waals surface area (Å²) in [6, 6.07) is 0. The molecule has 0 unspecified atom stereocenters. The van der Waals surface area contributed by atoms with Gasteiger partial charge in [-0.15, -0.1) is 0 Å². The Morgan fingerprint density at radius 3 is 2.36 bits per heavy atom. The molecule has 0 amide bonds. The number of halogens is 1. The average molecular weight is 261 g/mol. The van der Waals surface area contributed by atoms with Gasteiger partial charge in [-0.2, -0.15) is 0 Å². The highest BCUT2D eigenvalue weighted by molar-refractivity contribution is 14.1. The second-order valence-corrected chi connectivity index (χ2v) is 4.17. The molecule has 0 saturated carbocycles. The summed E-state index contributed by atoms with van der Waals surface area (Å²) < 4.78 is 1.28. The third kappa shape index (κ3) is 1.92. The molecule has 2 heteroatoms. The lowest BCUT2D eigenvalue weighted by Crippen LogP contribution is -1.96. The highest BCUT2D eigenvalue weighted by atomic mass is 127. The standard InChI is InChI=1S/C9H12IN/c1-6(2)9-7(3)4-11-5-8(9)10/h4-6H,1-3H3. The second-order valence-electron chi connectivity index (χ2n) is 3.01. The van der Waals surface area contributed by atoms with Crippen LogP contribution in [0.5, 0.6) is 0 Å². The van der Waals surface area contributed by atoms with E-state index < -0.39 is 0 Å². The van der Waals surface area contributed by atoms with Crippen molar-refractivity contribution in [2.45, 2.75) is 26.7 Å². The minimum Gasteiger partial charge on any atom is -0.263 e. The van der Waals surface area contributed by atoms with Gasteiger partial charge in [0.2, 0.25) is 0 Å². The maximum absolute atomic E-state index is 4.12. The molecule has 0 aliphatic rings. The molecular weight excluding hydrogens is 249 g/mol. The van der Waals surface area contributed by atoms with E-state index in [2.05, 4.69) is 48.3 Å². The van der Waals surface area contributed by atoms with Crippen molar-refractivity contribution in [1.29, 1.82) is 0 Å². The van der Waals surface area contributed by atoms with Crippen molar-refractivity contribution in [2.24, 2.45) is 0 Å². The van der Waals surface area contributed by atoms with Gasteiger partial charge in [-0.3, -0.25) is 4.98 Å². The summed E-state index contributed by atoms with van der Waals surface area (Å²) in [5, 5.41) is 0. The maximum Gasteiger partial charge on any atom is 0.0404 e.